The molecule has 0 atom stereocenters. The van der Waals surface area contributed by atoms with Crippen LogP contribution in [0.4, 0.5) is 0 Å². The zero-order chi connectivity index (χ0) is 9.84. The monoisotopic (exact) mass is 178 g/mol. The summed E-state index contributed by atoms with van der Waals surface area (Å²) in [6.07, 6.45) is 3.62. The lowest BCUT2D eigenvalue weighted by molar-refractivity contribution is -0.119. The predicted octanol–water partition coefficient (Wildman–Crippen LogP) is 1.33. The second-order valence-electron chi connectivity index (χ2n) is 3.16. The molecule has 0 saturated carbocycles. The molecule has 70 valence electrons. The Labute approximate surface area is 78.2 Å². The Balaban J connectivity index is 2.81. The van der Waals surface area contributed by atoms with E-state index in [-0.39, 0.29) is 5.91 Å². The molecule has 1 aromatic rings. The number of aryl methyl sites for hydroxylation is 2. The summed E-state index contributed by atoms with van der Waals surface area (Å²) in [7, 11) is 0. The lowest BCUT2D eigenvalue weighted by Crippen LogP contribution is -2.20. The van der Waals surface area contributed by atoms with E-state index in [1.807, 2.05) is 26.2 Å². The molecule has 0 fully saturated rings. The fourth-order valence-electron chi connectivity index (χ4n) is 1.22. The van der Waals surface area contributed by atoms with E-state index in [9.17, 15) is 4.79 Å². The third kappa shape index (κ3) is 2.54. The van der Waals surface area contributed by atoms with E-state index < -0.39 is 0 Å². The fourth-order valence-corrected chi connectivity index (χ4v) is 1.22. The molecule has 3 nitrogen and oxygen atoms in total. The Morgan fingerprint density at radius 2 is 1.92 bits per heavy atom. The van der Waals surface area contributed by atoms with Crippen LogP contribution in [0, 0.1) is 13.8 Å². The summed E-state index contributed by atoms with van der Waals surface area (Å²) in [5.74, 6) is -0.00406. The van der Waals surface area contributed by atoms with Gasteiger partial charge in [-0.25, -0.2) is 0 Å². The van der Waals surface area contributed by atoms with Crippen LogP contribution in [0.15, 0.2) is 12.4 Å². The van der Waals surface area contributed by atoms with Gasteiger partial charge in [0.25, 0.3) is 0 Å². The molecule has 0 aliphatic heterocycles. The summed E-state index contributed by atoms with van der Waals surface area (Å²) in [4.78, 5) is 14.8. The van der Waals surface area contributed by atoms with Crippen LogP contribution < -0.4 is 5.32 Å². The summed E-state index contributed by atoms with van der Waals surface area (Å²) in [6, 6.07) is 0. The number of amides is 1. The van der Waals surface area contributed by atoms with E-state index in [1.54, 1.807) is 0 Å². The molecule has 1 amide bonds. The number of carbonyl (C=O) groups is 1. The first-order chi connectivity index (χ1) is 6.11. The molecule has 1 rings (SSSR count). The van der Waals surface area contributed by atoms with Crippen LogP contribution in [0.3, 0.4) is 0 Å². The van der Waals surface area contributed by atoms with E-state index in [2.05, 4.69) is 10.3 Å². The third-order valence-electron chi connectivity index (χ3n) is 2.00. The van der Waals surface area contributed by atoms with Gasteiger partial charge in [-0.2, -0.15) is 0 Å². The van der Waals surface area contributed by atoms with Crippen molar-refractivity contribution in [2.75, 3.05) is 0 Å². The van der Waals surface area contributed by atoms with Crippen LogP contribution in [-0.4, -0.2) is 10.9 Å². The molecule has 0 saturated heterocycles. The summed E-state index contributed by atoms with van der Waals surface area (Å²) < 4.78 is 0. The van der Waals surface area contributed by atoms with Gasteiger partial charge in [-0.1, -0.05) is 0 Å². The number of nitrogens with zero attached hydrogens (tertiary/aromatic N) is 1. The van der Waals surface area contributed by atoms with Gasteiger partial charge in [0.15, 0.2) is 0 Å². The Morgan fingerprint density at radius 1 is 1.38 bits per heavy atom. The highest BCUT2D eigenvalue weighted by molar-refractivity contribution is 5.72. The first-order valence-corrected chi connectivity index (χ1v) is 4.25. The van der Waals surface area contributed by atoms with E-state index in [0.29, 0.717) is 6.54 Å². The molecule has 0 spiro atoms. The maximum absolute atomic E-state index is 10.7. The second kappa shape index (κ2) is 4.03. The molecule has 0 unspecified atom stereocenters. The Hall–Kier alpha value is -1.38. The second-order valence-corrected chi connectivity index (χ2v) is 3.16. The number of carbonyl (C=O) groups excluding carboxylic acids is 1. The predicted molar refractivity (Wildman–Crippen MR) is 51.2 cm³/mol. The Kier molecular flexibility index (Phi) is 3.01. The maximum Gasteiger partial charge on any atom is 0.217 e. The van der Waals surface area contributed by atoms with Gasteiger partial charge in [0, 0.05) is 25.9 Å². The zero-order valence-electron chi connectivity index (χ0n) is 8.22. The average molecular weight is 178 g/mol. The maximum atomic E-state index is 10.7. The summed E-state index contributed by atoms with van der Waals surface area (Å²) >= 11 is 0. The highest BCUT2D eigenvalue weighted by atomic mass is 16.1. The van der Waals surface area contributed by atoms with E-state index in [4.69, 9.17) is 0 Å². The SMILES string of the molecule is CC(=O)NCc1c(C)cncc1C. The smallest absolute Gasteiger partial charge is 0.217 e. The topological polar surface area (TPSA) is 42.0 Å². The largest absolute Gasteiger partial charge is 0.352 e. The van der Waals surface area contributed by atoms with Gasteiger partial charge in [0.05, 0.1) is 0 Å². The van der Waals surface area contributed by atoms with Crippen LogP contribution in [-0.2, 0) is 11.3 Å². The third-order valence-corrected chi connectivity index (χ3v) is 2.00. The van der Waals surface area contributed by atoms with Crippen molar-refractivity contribution >= 4 is 5.91 Å². The highest BCUT2D eigenvalue weighted by Gasteiger charge is 2.02. The summed E-state index contributed by atoms with van der Waals surface area (Å²) in [5, 5.41) is 2.78. The van der Waals surface area contributed by atoms with Gasteiger partial charge >= 0.3 is 0 Å². The number of nitrogens with one attached hydrogen (secondary N) is 1. The van der Waals surface area contributed by atoms with Gasteiger partial charge in [-0.3, -0.25) is 9.78 Å². The number of pyridine rings is 1. The molecule has 0 radical (unpaired) electrons. The van der Waals surface area contributed by atoms with Crippen LogP contribution >= 0.6 is 0 Å². The summed E-state index contributed by atoms with van der Waals surface area (Å²) in [6.45, 7) is 6.11. The van der Waals surface area contributed by atoms with Crippen molar-refractivity contribution in [2.24, 2.45) is 0 Å². The quantitative estimate of drug-likeness (QED) is 0.742. The van der Waals surface area contributed by atoms with Gasteiger partial charge in [0.2, 0.25) is 5.91 Å². The molecule has 0 aliphatic carbocycles. The van der Waals surface area contributed by atoms with Gasteiger partial charge in [-0.15, -0.1) is 0 Å². The number of hydrogen-bond donors (Lipinski definition) is 1. The van der Waals surface area contributed by atoms with Crippen LogP contribution in [0.5, 0.6) is 0 Å². The van der Waals surface area contributed by atoms with Crippen molar-refractivity contribution in [3.05, 3.63) is 29.1 Å². The first kappa shape index (κ1) is 9.71. The number of hydrogen-bond acceptors (Lipinski definition) is 2. The van der Waals surface area contributed by atoms with Crippen molar-refractivity contribution in [3.63, 3.8) is 0 Å². The van der Waals surface area contributed by atoms with Gasteiger partial charge < -0.3 is 5.32 Å². The van der Waals surface area contributed by atoms with Crippen molar-refractivity contribution in [3.8, 4) is 0 Å². The average Bonchev–Trinajstić information content (AvgIpc) is 2.03. The molecule has 3 heteroatoms. The molecule has 1 aromatic heterocycles. The van der Waals surface area contributed by atoms with Crippen molar-refractivity contribution in [2.45, 2.75) is 27.3 Å². The highest BCUT2D eigenvalue weighted by Crippen LogP contribution is 2.10. The van der Waals surface area contributed by atoms with Crippen LogP contribution in [0.25, 0.3) is 0 Å². The molecule has 0 aromatic carbocycles. The van der Waals surface area contributed by atoms with Crippen LogP contribution in [0.2, 0.25) is 0 Å². The lowest BCUT2D eigenvalue weighted by Gasteiger charge is -2.08. The van der Waals surface area contributed by atoms with Crippen molar-refractivity contribution < 1.29 is 4.79 Å². The normalized spacial score (nSPS) is 9.77. The van der Waals surface area contributed by atoms with E-state index >= 15 is 0 Å². The van der Waals surface area contributed by atoms with Crippen molar-refractivity contribution in [1.29, 1.82) is 0 Å². The Morgan fingerprint density at radius 3 is 2.38 bits per heavy atom. The molecule has 0 bridgehead atoms. The Bertz CT molecular complexity index is 300. The number of aromatic nitrogens is 1. The summed E-state index contributed by atoms with van der Waals surface area (Å²) in [5.41, 5.74) is 3.40. The van der Waals surface area contributed by atoms with Gasteiger partial charge in [-0.05, 0) is 30.5 Å². The first-order valence-electron chi connectivity index (χ1n) is 4.25. The standard InChI is InChI=1S/C10H14N2O/c1-7-4-11-5-8(2)10(7)6-12-9(3)13/h4-5H,6H2,1-3H3,(H,12,13). The molecule has 1 N–H and O–H groups in total. The minimum atomic E-state index is -0.00406. The zero-order valence-corrected chi connectivity index (χ0v) is 8.22. The molecule has 0 aliphatic rings. The lowest BCUT2D eigenvalue weighted by atomic mass is 10.1. The number of rotatable bonds is 2. The molecule has 1 heterocycles. The van der Waals surface area contributed by atoms with E-state index in [1.165, 1.54) is 6.92 Å². The molecule has 13 heavy (non-hydrogen) atoms. The van der Waals surface area contributed by atoms with Crippen molar-refractivity contribution in [1.82, 2.24) is 10.3 Å². The van der Waals surface area contributed by atoms with E-state index in [0.717, 1.165) is 16.7 Å². The van der Waals surface area contributed by atoms with Gasteiger partial charge in [0.1, 0.15) is 0 Å². The molecular formula is C10H14N2O. The fraction of sp³-hybridized carbons (Fsp3) is 0.400. The minimum Gasteiger partial charge on any atom is -0.352 e. The molecular weight excluding hydrogens is 164 g/mol. The minimum absolute atomic E-state index is 0.00406. The van der Waals surface area contributed by atoms with Crippen LogP contribution in [0.1, 0.15) is 23.6 Å².